The van der Waals surface area contributed by atoms with Gasteiger partial charge in [0, 0.05) is 41.4 Å². The van der Waals surface area contributed by atoms with Crippen molar-refractivity contribution in [2.45, 2.75) is 44.2 Å². The summed E-state index contributed by atoms with van der Waals surface area (Å²) >= 11 is 0. The van der Waals surface area contributed by atoms with Gasteiger partial charge < -0.3 is 10.1 Å². The van der Waals surface area contributed by atoms with Gasteiger partial charge in [0.25, 0.3) is 0 Å². The Balaban J connectivity index is 1.99. The first-order chi connectivity index (χ1) is 9.61. The van der Waals surface area contributed by atoms with E-state index in [-0.39, 0.29) is 5.97 Å². The molecule has 6 heteroatoms. The van der Waals surface area contributed by atoms with E-state index in [1.54, 1.807) is 0 Å². The smallest absolute Gasteiger partial charge is 0.326 e. The largest absolute Gasteiger partial charge is 0.468 e. The van der Waals surface area contributed by atoms with Crippen molar-refractivity contribution >= 4 is 16.8 Å². The number of esters is 1. The Morgan fingerprint density at radius 1 is 1.45 bits per heavy atom. The second-order valence-corrected chi connectivity index (χ2v) is 7.48. The van der Waals surface area contributed by atoms with E-state index in [1.165, 1.54) is 7.11 Å². The van der Waals surface area contributed by atoms with Gasteiger partial charge in [-0.25, -0.2) is 0 Å². The van der Waals surface area contributed by atoms with Crippen LogP contribution >= 0.6 is 0 Å². The molecule has 2 unspecified atom stereocenters. The Kier molecular flexibility index (Phi) is 5.57. The quantitative estimate of drug-likeness (QED) is 0.750. The highest BCUT2D eigenvalue weighted by atomic mass is 32.2. The summed E-state index contributed by atoms with van der Waals surface area (Å²) in [7, 11) is 0.823. The van der Waals surface area contributed by atoms with Crippen molar-refractivity contribution in [2.75, 3.05) is 38.2 Å². The minimum atomic E-state index is -0.644. The van der Waals surface area contributed by atoms with Crippen LogP contribution in [0.1, 0.15) is 32.6 Å². The molecule has 20 heavy (non-hydrogen) atoms. The molecular formula is C14H26N2O3S. The van der Waals surface area contributed by atoms with Gasteiger partial charge in [-0.05, 0) is 32.2 Å². The van der Waals surface area contributed by atoms with E-state index in [0.29, 0.717) is 6.04 Å². The van der Waals surface area contributed by atoms with Gasteiger partial charge in [0.05, 0.1) is 7.11 Å². The molecule has 0 amide bonds. The molecule has 5 nitrogen and oxygen atoms in total. The fourth-order valence-corrected chi connectivity index (χ4v) is 4.41. The van der Waals surface area contributed by atoms with Gasteiger partial charge in [0.1, 0.15) is 5.54 Å². The highest BCUT2D eigenvalue weighted by Gasteiger charge is 2.47. The highest BCUT2D eigenvalue weighted by molar-refractivity contribution is 7.85. The molecule has 1 heterocycles. The lowest BCUT2D eigenvalue weighted by Gasteiger charge is -2.33. The molecule has 1 aliphatic heterocycles. The van der Waals surface area contributed by atoms with Gasteiger partial charge in [-0.2, -0.15) is 0 Å². The maximum absolute atomic E-state index is 12.2. The lowest BCUT2D eigenvalue weighted by Crippen LogP contribution is -2.53. The van der Waals surface area contributed by atoms with E-state index in [1.807, 2.05) is 0 Å². The summed E-state index contributed by atoms with van der Waals surface area (Å²) in [5, 5.41) is 3.41. The standard InChI is InChI=1S/C14H26N2O3S/c1-3-6-15-14(13(17)19-2)5-4-12(11-14)16-7-9-20(18)10-8-16/h12,15H,3-11H2,1-2H3. The molecule has 0 spiro atoms. The zero-order valence-electron chi connectivity index (χ0n) is 12.5. The van der Waals surface area contributed by atoms with Crippen LogP contribution in [0.25, 0.3) is 0 Å². The second-order valence-electron chi connectivity index (χ2n) is 5.78. The molecule has 1 saturated carbocycles. The second kappa shape index (κ2) is 7.00. The number of methoxy groups -OCH3 is 1. The summed E-state index contributed by atoms with van der Waals surface area (Å²) in [4.78, 5) is 14.6. The van der Waals surface area contributed by atoms with E-state index in [9.17, 15) is 9.00 Å². The van der Waals surface area contributed by atoms with Gasteiger partial charge >= 0.3 is 5.97 Å². The van der Waals surface area contributed by atoms with E-state index in [2.05, 4.69) is 17.1 Å². The summed E-state index contributed by atoms with van der Waals surface area (Å²) in [5.41, 5.74) is -0.508. The number of ether oxygens (including phenoxy) is 1. The van der Waals surface area contributed by atoms with Crippen molar-refractivity contribution < 1.29 is 13.7 Å². The molecule has 2 aliphatic rings. The number of carbonyl (C=O) groups is 1. The zero-order chi connectivity index (χ0) is 14.6. The maximum Gasteiger partial charge on any atom is 0.326 e. The molecule has 2 fully saturated rings. The minimum absolute atomic E-state index is 0.131. The number of hydrogen-bond acceptors (Lipinski definition) is 5. The molecule has 0 bridgehead atoms. The lowest BCUT2D eigenvalue weighted by atomic mass is 9.97. The summed E-state index contributed by atoms with van der Waals surface area (Å²) in [6.45, 7) is 4.72. The Bertz CT molecular complexity index is 367. The average molecular weight is 302 g/mol. The molecule has 1 saturated heterocycles. The van der Waals surface area contributed by atoms with Crippen LogP contribution in [-0.4, -0.2) is 64.9 Å². The number of nitrogens with zero attached hydrogens (tertiary/aromatic N) is 1. The van der Waals surface area contributed by atoms with Crippen molar-refractivity contribution in [3.63, 3.8) is 0 Å². The predicted molar refractivity (Wildman–Crippen MR) is 80.1 cm³/mol. The number of rotatable bonds is 5. The topological polar surface area (TPSA) is 58.6 Å². The fraction of sp³-hybridized carbons (Fsp3) is 0.929. The third-order valence-electron chi connectivity index (χ3n) is 4.51. The third kappa shape index (κ3) is 3.40. The van der Waals surface area contributed by atoms with E-state index in [0.717, 1.165) is 56.8 Å². The Morgan fingerprint density at radius 2 is 2.15 bits per heavy atom. The van der Waals surface area contributed by atoms with E-state index in [4.69, 9.17) is 4.74 Å². The first-order valence-electron chi connectivity index (χ1n) is 7.54. The summed E-state index contributed by atoms with van der Waals surface area (Å²) in [5.74, 6) is 1.41. The van der Waals surface area contributed by atoms with Gasteiger partial charge in [0.15, 0.2) is 0 Å². The van der Waals surface area contributed by atoms with E-state index < -0.39 is 16.3 Å². The molecule has 0 aromatic carbocycles. The Hall–Kier alpha value is -0.460. The van der Waals surface area contributed by atoms with Gasteiger partial charge in [0.2, 0.25) is 0 Å². The minimum Gasteiger partial charge on any atom is -0.468 e. The number of carbonyl (C=O) groups excluding carboxylic acids is 1. The molecule has 116 valence electrons. The first kappa shape index (κ1) is 15.9. The molecule has 2 atom stereocenters. The van der Waals surface area contributed by atoms with Gasteiger partial charge in [-0.15, -0.1) is 0 Å². The molecule has 0 aromatic rings. The summed E-state index contributed by atoms with van der Waals surface area (Å²) in [6, 6.07) is 0.413. The van der Waals surface area contributed by atoms with Crippen LogP contribution in [0.15, 0.2) is 0 Å². The van der Waals surface area contributed by atoms with Crippen LogP contribution in [0.2, 0.25) is 0 Å². The van der Waals surface area contributed by atoms with Crippen molar-refractivity contribution in [3.05, 3.63) is 0 Å². The lowest BCUT2D eigenvalue weighted by molar-refractivity contribution is -0.148. The summed E-state index contributed by atoms with van der Waals surface area (Å²) in [6.07, 6.45) is 3.67. The molecular weight excluding hydrogens is 276 g/mol. The number of nitrogens with one attached hydrogen (secondary N) is 1. The SMILES string of the molecule is CCCNC1(C(=O)OC)CCC(N2CCS(=O)CC2)C1. The fourth-order valence-electron chi connectivity index (χ4n) is 3.33. The van der Waals surface area contributed by atoms with Crippen LogP contribution < -0.4 is 5.32 Å². The van der Waals surface area contributed by atoms with Crippen molar-refractivity contribution in [1.82, 2.24) is 10.2 Å². The van der Waals surface area contributed by atoms with Crippen LogP contribution in [-0.2, 0) is 20.3 Å². The van der Waals surface area contributed by atoms with Crippen LogP contribution in [0.5, 0.6) is 0 Å². The van der Waals surface area contributed by atoms with Crippen molar-refractivity contribution in [2.24, 2.45) is 0 Å². The van der Waals surface area contributed by atoms with Crippen molar-refractivity contribution in [3.8, 4) is 0 Å². The van der Waals surface area contributed by atoms with Gasteiger partial charge in [-0.1, -0.05) is 6.92 Å². The first-order valence-corrected chi connectivity index (χ1v) is 9.02. The summed E-state index contributed by atoms with van der Waals surface area (Å²) < 4.78 is 16.5. The molecule has 0 radical (unpaired) electrons. The molecule has 0 aromatic heterocycles. The van der Waals surface area contributed by atoms with Crippen LogP contribution in [0.3, 0.4) is 0 Å². The normalized spacial score (nSPS) is 32.4. The molecule has 1 aliphatic carbocycles. The number of hydrogen-bond donors (Lipinski definition) is 1. The van der Waals surface area contributed by atoms with Crippen molar-refractivity contribution in [1.29, 1.82) is 0 Å². The Labute approximate surface area is 123 Å². The Morgan fingerprint density at radius 3 is 2.75 bits per heavy atom. The average Bonchev–Trinajstić information content (AvgIpc) is 2.91. The predicted octanol–water partition coefficient (Wildman–Crippen LogP) is 0.515. The van der Waals surface area contributed by atoms with Crippen LogP contribution in [0.4, 0.5) is 0 Å². The molecule has 1 N–H and O–H groups in total. The third-order valence-corrected chi connectivity index (χ3v) is 5.78. The van der Waals surface area contributed by atoms with E-state index >= 15 is 0 Å². The van der Waals surface area contributed by atoms with Gasteiger partial charge in [-0.3, -0.25) is 13.9 Å². The maximum atomic E-state index is 12.2. The van der Waals surface area contributed by atoms with Crippen LogP contribution in [0, 0.1) is 0 Å². The molecule has 2 rings (SSSR count). The zero-order valence-corrected chi connectivity index (χ0v) is 13.3. The monoisotopic (exact) mass is 302 g/mol. The highest BCUT2D eigenvalue weighted by Crippen LogP contribution is 2.34.